The van der Waals surface area contributed by atoms with Crippen molar-refractivity contribution in [1.29, 1.82) is 0 Å². The average molecular weight is 387 g/mol. The quantitative estimate of drug-likeness (QED) is 0.458. The molecule has 3 aromatic carbocycles. The van der Waals surface area contributed by atoms with Crippen LogP contribution in [0.2, 0.25) is 0 Å². The van der Waals surface area contributed by atoms with Crippen LogP contribution in [0.25, 0.3) is 11.0 Å². The predicted molar refractivity (Wildman–Crippen MR) is 115 cm³/mol. The number of aromatic amines is 1. The first-order valence-corrected chi connectivity index (χ1v) is 9.71. The van der Waals surface area contributed by atoms with E-state index in [0.717, 1.165) is 39.5 Å². The van der Waals surface area contributed by atoms with Gasteiger partial charge in [-0.15, -0.1) is 0 Å². The van der Waals surface area contributed by atoms with Gasteiger partial charge in [-0.05, 0) is 30.7 Å². The Morgan fingerprint density at radius 1 is 0.966 bits per heavy atom. The Kier molecular flexibility index (Phi) is 5.77. The van der Waals surface area contributed by atoms with E-state index in [0.29, 0.717) is 19.7 Å². The van der Waals surface area contributed by atoms with E-state index in [1.807, 2.05) is 42.5 Å². The molecule has 5 heteroatoms. The molecule has 29 heavy (non-hydrogen) atoms. The summed E-state index contributed by atoms with van der Waals surface area (Å²) in [6.45, 7) is 3.87. The molecule has 4 rings (SSSR count). The van der Waals surface area contributed by atoms with Crippen LogP contribution in [0.4, 0.5) is 0 Å². The minimum absolute atomic E-state index is 0.499. The van der Waals surface area contributed by atoms with Gasteiger partial charge in [0.15, 0.2) is 11.5 Å². The van der Waals surface area contributed by atoms with Crippen molar-refractivity contribution in [3.8, 4) is 11.5 Å². The van der Waals surface area contributed by atoms with E-state index in [2.05, 4.69) is 46.5 Å². The molecule has 0 aliphatic heterocycles. The van der Waals surface area contributed by atoms with Gasteiger partial charge >= 0.3 is 0 Å². The van der Waals surface area contributed by atoms with E-state index in [1.54, 1.807) is 7.11 Å². The fraction of sp³-hybridized carbons (Fsp3) is 0.208. The highest BCUT2D eigenvalue weighted by Crippen LogP contribution is 2.32. The molecule has 0 amide bonds. The minimum Gasteiger partial charge on any atom is -0.493 e. The van der Waals surface area contributed by atoms with Crippen molar-refractivity contribution in [2.75, 3.05) is 7.11 Å². The number of methoxy groups -OCH3 is 1. The molecule has 0 bridgehead atoms. The highest BCUT2D eigenvalue weighted by molar-refractivity contribution is 5.74. The zero-order chi connectivity index (χ0) is 20.1. The van der Waals surface area contributed by atoms with Crippen molar-refractivity contribution >= 4 is 11.0 Å². The molecule has 0 saturated heterocycles. The van der Waals surface area contributed by atoms with Gasteiger partial charge < -0.3 is 19.8 Å². The number of para-hydroxylation sites is 3. The molecule has 4 aromatic rings. The van der Waals surface area contributed by atoms with Crippen molar-refractivity contribution < 1.29 is 9.47 Å². The Labute approximate surface area is 170 Å². The van der Waals surface area contributed by atoms with Crippen LogP contribution in [0.15, 0.2) is 66.7 Å². The number of aromatic nitrogens is 2. The molecule has 1 heterocycles. The van der Waals surface area contributed by atoms with Crippen LogP contribution < -0.4 is 14.8 Å². The summed E-state index contributed by atoms with van der Waals surface area (Å²) in [4.78, 5) is 7.95. The number of fused-ring (bicyclic) bond motifs is 1. The molecule has 0 fully saturated rings. The van der Waals surface area contributed by atoms with Gasteiger partial charge in [0.1, 0.15) is 12.4 Å². The van der Waals surface area contributed by atoms with Crippen molar-refractivity contribution in [3.63, 3.8) is 0 Å². The standard InChI is InChI=1S/C24H25N3O2/c1-17-7-5-8-18(13-17)16-29-24-19(9-6-12-22(24)28-2)14-25-15-23-26-20-10-3-4-11-21(20)27-23/h3-13,25H,14-16H2,1-2H3,(H,26,27). The third-order valence-corrected chi connectivity index (χ3v) is 4.79. The molecule has 0 aliphatic carbocycles. The number of imidazole rings is 1. The number of hydrogen-bond acceptors (Lipinski definition) is 4. The lowest BCUT2D eigenvalue weighted by molar-refractivity contribution is 0.280. The maximum Gasteiger partial charge on any atom is 0.166 e. The second-order valence-electron chi connectivity index (χ2n) is 7.03. The molecule has 0 saturated carbocycles. The van der Waals surface area contributed by atoms with Crippen LogP contribution in [0.3, 0.4) is 0 Å². The van der Waals surface area contributed by atoms with Crippen LogP contribution in [0.5, 0.6) is 11.5 Å². The number of rotatable bonds is 8. The van der Waals surface area contributed by atoms with Gasteiger partial charge in [0.05, 0.1) is 24.7 Å². The van der Waals surface area contributed by atoms with E-state index < -0.39 is 0 Å². The largest absolute Gasteiger partial charge is 0.493 e. The molecule has 0 aliphatic rings. The highest BCUT2D eigenvalue weighted by Gasteiger charge is 2.11. The number of nitrogens with one attached hydrogen (secondary N) is 2. The van der Waals surface area contributed by atoms with Crippen LogP contribution >= 0.6 is 0 Å². The molecule has 5 nitrogen and oxygen atoms in total. The van der Waals surface area contributed by atoms with Crippen molar-refractivity contribution in [2.24, 2.45) is 0 Å². The van der Waals surface area contributed by atoms with Crippen LogP contribution in [-0.4, -0.2) is 17.1 Å². The summed E-state index contributed by atoms with van der Waals surface area (Å²) in [5.41, 5.74) is 5.43. The minimum atomic E-state index is 0.499. The summed E-state index contributed by atoms with van der Waals surface area (Å²) in [7, 11) is 1.67. The number of hydrogen-bond donors (Lipinski definition) is 2. The first kappa shape index (κ1) is 19.0. The maximum absolute atomic E-state index is 6.16. The molecule has 0 atom stereocenters. The van der Waals surface area contributed by atoms with Crippen molar-refractivity contribution in [3.05, 3.63) is 89.2 Å². The highest BCUT2D eigenvalue weighted by atomic mass is 16.5. The lowest BCUT2D eigenvalue weighted by Gasteiger charge is -2.15. The summed E-state index contributed by atoms with van der Waals surface area (Å²) < 4.78 is 11.7. The fourth-order valence-corrected chi connectivity index (χ4v) is 3.39. The van der Waals surface area contributed by atoms with E-state index >= 15 is 0 Å². The SMILES string of the molecule is COc1cccc(CNCc2nc3ccccc3[nH]2)c1OCc1cccc(C)c1. The molecular formula is C24H25N3O2. The second kappa shape index (κ2) is 8.80. The zero-order valence-electron chi connectivity index (χ0n) is 16.7. The zero-order valence-corrected chi connectivity index (χ0v) is 16.7. The van der Waals surface area contributed by atoms with Crippen molar-refractivity contribution in [1.82, 2.24) is 15.3 Å². The number of nitrogens with zero attached hydrogens (tertiary/aromatic N) is 1. The number of aryl methyl sites for hydroxylation is 1. The number of benzene rings is 3. The normalized spacial score (nSPS) is 11.0. The Morgan fingerprint density at radius 3 is 2.66 bits per heavy atom. The monoisotopic (exact) mass is 387 g/mol. The Morgan fingerprint density at radius 2 is 1.83 bits per heavy atom. The number of ether oxygens (including phenoxy) is 2. The molecule has 148 valence electrons. The van der Waals surface area contributed by atoms with Gasteiger partial charge in [0.25, 0.3) is 0 Å². The van der Waals surface area contributed by atoms with Crippen LogP contribution in [-0.2, 0) is 19.7 Å². The molecular weight excluding hydrogens is 362 g/mol. The maximum atomic E-state index is 6.16. The summed E-state index contributed by atoms with van der Waals surface area (Å²) in [6, 6.07) is 22.3. The smallest absolute Gasteiger partial charge is 0.166 e. The summed E-state index contributed by atoms with van der Waals surface area (Å²) in [5.74, 6) is 2.42. The Balaban J connectivity index is 1.44. The molecule has 2 N–H and O–H groups in total. The predicted octanol–water partition coefficient (Wildman–Crippen LogP) is 4.75. The number of H-pyrrole nitrogens is 1. The topological polar surface area (TPSA) is 59.2 Å². The molecule has 0 spiro atoms. The van der Waals surface area contributed by atoms with Crippen LogP contribution in [0, 0.1) is 6.92 Å². The average Bonchev–Trinajstić information content (AvgIpc) is 3.15. The first-order valence-electron chi connectivity index (χ1n) is 9.71. The molecule has 0 radical (unpaired) electrons. The van der Waals surface area contributed by atoms with Gasteiger partial charge in [-0.1, -0.05) is 54.1 Å². The first-order chi connectivity index (χ1) is 14.2. The molecule has 1 aromatic heterocycles. The van der Waals surface area contributed by atoms with Gasteiger partial charge in [0.2, 0.25) is 0 Å². The fourth-order valence-electron chi connectivity index (χ4n) is 3.39. The molecule has 0 unspecified atom stereocenters. The van der Waals surface area contributed by atoms with E-state index in [4.69, 9.17) is 9.47 Å². The lowest BCUT2D eigenvalue weighted by atomic mass is 10.1. The van der Waals surface area contributed by atoms with Gasteiger partial charge in [-0.25, -0.2) is 4.98 Å². The van der Waals surface area contributed by atoms with Gasteiger partial charge in [0, 0.05) is 12.1 Å². The van der Waals surface area contributed by atoms with Gasteiger partial charge in [-0.2, -0.15) is 0 Å². The van der Waals surface area contributed by atoms with E-state index in [1.165, 1.54) is 5.56 Å². The third kappa shape index (κ3) is 4.58. The Hall–Kier alpha value is -3.31. The summed E-state index contributed by atoms with van der Waals surface area (Å²) in [5, 5.41) is 3.45. The van der Waals surface area contributed by atoms with Crippen molar-refractivity contribution in [2.45, 2.75) is 26.6 Å². The van der Waals surface area contributed by atoms with Gasteiger partial charge in [-0.3, -0.25) is 0 Å². The summed E-state index contributed by atoms with van der Waals surface area (Å²) in [6.07, 6.45) is 0. The van der Waals surface area contributed by atoms with E-state index in [9.17, 15) is 0 Å². The third-order valence-electron chi connectivity index (χ3n) is 4.79. The second-order valence-corrected chi connectivity index (χ2v) is 7.03. The summed E-state index contributed by atoms with van der Waals surface area (Å²) >= 11 is 0. The van der Waals surface area contributed by atoms with E-state index in [-0.39, 0.29) is 0 Å². The Bertz CT molecular complexity index is 1070. The lowest BCUT2D eigenvalue weighted by Crippen LogP contribution is -2.15. The van der Waals surface area contributed by atoms with Crippen LogP contribution in [0.1, 0.15) is 22.5 Å².